The Labute approximate surface area is 108 Å². The first-order valence-corrected chi connectivity index (χ1v) is 6.52. The Kier molecular flexibility index (Phi) is 5.35. The third kappa shape index (κ3) is 4.55. The SMILES string of the molecule is O=S(=O)(NCC(F)F)c1ccc(C#CCO)c(F)c1. The Morgan fingerprint density at radius 1 is 1.37 bits per heavy atom. The molecule has 0 radical (unpaired) electrons. The van der Waals surface area contributed by atoms with Gasteiger partial charge in [0.25, 0.3) is 6.43 Å². The van der Waals surface area contributed by atoms with E-state index in [4.69, 9.17) is 5.11 Å². The Hall–Kier alpha value is -1.56. The van der Waals surface area contributed by atoms with E-state index in [0.717, 1.165) is 12.1 Å². The van der Waals surface area contributed by atoms with Gasteiger partial charge in [-0.05, 0) is 18.2 Å². The summed E-state index contributed by atoms with van der Waals surface area (Å²) in [5.74, 6) is 3.57. The van der Waals surface area contributed by atoms with Crippen LogP contribution in [0.1, 0.15) is 5.56 Å². The molecule has 0 aromatic heterocycles. The van der Waals surface area contributed by atoms with E-state index in [1.165, 1.54) is 0 Å². The lowest BCUT2D eigenvalue weighted by Crippen LogP contribution is -2.28. The first kappa shape index (κ1) is 15.5. The molecule has 0 saturated heterocycles. The summed E-state index contributed by atoms with van der Waals surface area (Å²) in [5.41, 5.74) is -0.0955. The van der Waals surface area contributed by atoms with Crippen LogP contribution < -0.4 is 4.72 Å². The Balaban J connectivity index is 3.00. The molecule has 2 N–H and O–H groups in total. The molecule has 0 spiro atoms. The van der Waals surface area contributed by atoms with Crippen molar-refractivity contribution in [2.24, 2.45) is 0 Å². The van der Waals surface area contributed by atoms with Crippen LogP contribution in [0.5, 0.6) is 0 Å². The van der Waals surface area contributed by atoms with Crippen molar-refractivity contribution >= 4 is 10.0 Å². The normalized spacial score (nSPS) is 11.2. The highest BCUT2D eigenvalue weighted by molar-refractivity contribution is 7.89. The summed E-state index contributed by atoms with van der Waals surface area (Å²) in [4.78, 5) is -0.472. The van der Waals surface area contributed by atoms with Gasteiger partial charge in [0.05, 0.1) is 17.0 Å². The number of halogens is 3. The summed E-state index contributed by atoms with van der Waals surface area (Å²) in [5, 5.41) is 8.45. The molecule has 19 heavy (non-hydrogen) atoms. The molecule has 4 nitrogen and oxygen atoms in total. The van der Waals surface area contributed by atoms with Crippen molar-refractivity contribution in [3.8, 4) is 11.8 Å². The Morgan fingerprint density at radius 3 is 2.58 bits per heavy atom. The number of nitrogens with one attached hydrogen (secondary N) is 1. The van der Waals surface area contributed by atoms with Crippen molar-refractivity contribution in [2.75, 3.05) is 13.2 Å². The lowest BCUT2D eigenvalue weighted by molar-refractivity contribution is 0.153. The predicted octanol–water partition coefficient (Wildman–Crippen LogP) is 0.713. The zero-order valence-electron chi connectivity index (χ0n) is 9.53. The second-order valence-corrected chi connectivity index (χ2v) is 5.11. The largest absolute Gasteiger partial charge is 0.384 e. The van der Waals surface area contributed by atoms with E-state index in [2.05, 4.69) is 11.8 Å². The van der Waals surface area contributed by atoms with Crippen molar-refractivity contribution in [2.45, 2.75) is 11.3 Å². The number of aliphatic hydroxyl groups is 1. The molecule has 104 valence electrons. The van der Waals surface area contributed by atoms with Crippen LogP contribution in [0.4, 0.5) is 13.2 Å². The minimum atomic E-state index is -4.18. The van der Waals surface area contributed by atoms with Crippen molar-refractivity contribution in [3.63, 3.8) is 0 Å². The fourth-order valence-corrected chi connectivity index (χ4v) is 2.17. The van der Waals surface area contributed by atoms with E-state index in [1.54, 1.807) is 4.72 Å². The topological polar surface area (TPSA) is 66.4 Å². The molecule has 0 aliphatic heterocycles. The molecule has 0 saturated carbocycles. The van der Waals surface area contributed by atoms with Crippen LogP contribution >= 0.6 is 0 Å². The average Bonchev–Trinajstić information content (AvgIpc) is 2.35. The van der Waals surface area contributed by atoms with Crippen LogP contribution in [0.25, 0.3) is 0 Å². The van der Waals surface area contributed by atoms with Crippen molar-refractivity contribution in [1.29, 1.82) is 0 Å². The third-order valence-corrected chi connectivity index (χ3v) is 3.40. The number of hydrogen-bond acceptors (Lipinski definition) is 3. The van der Waals surface area contributed by atoms with E-state index < -0.39 is 40.3 Å². The number of rotatable bonds is 4. The molecule has 8 heteroatoms. The van der Waals surface area contributed by atoms with Crippen molar-refractivity contribution in [1.82, 2.24) is 4.72 Å². The van der Waals surface area contributed by atoms with Crippen LogP contribution in [0, 0.1) is 17.7 Å². The second-order valence-electron chi connectivity index (χ2n) is 3.34. The van der Waals surface area contributed by atoms with E-state index in [-0.39, 0.29) is 5.56 Å². The molecule has 0 amide bonds. The van der Waals surface area contributed by atoms with Crippen molar-refractivity contribution < 1.29 is 26.7 Å². The summed E-state index contributed by atoms with van der Waals surface area (Å²) >= 11 is 0. The number of sulfonamides is 1. The second kappa shape index (κ2) is 6.56. The molecule has 0 fully saturated rings. The fraction of sp³-hybridized carbons (Fsp3) is 0.273. The molecule has 0 unspecified atom stereocenters. The quantitative estimate of drug-likeness (QED) is 0.804. The molecule has 0 aliphatic carbocycles. The first-order valence-electron chi connectivity index (χ1n) is 5.04. The zero-order chi connectivity index (χ0) is 14.5. The molecule has 1 aromatic rings. The molecule has 0 atom stereocenters. The van der Waals surface area contributed by atoms with E-state index >= 15 is 0 Å². The Bertz CT molecular complexity index is 605. The van der Waals surface area contributed by atoms with E-state index in [1.807, 2.05) is 0 Å². The summed E-state index contributed by atoms with van der Waals surface area (Å²) in [6.45, 7) is -1.51. The van der Waals surface area contributed by atoms with Crippen molar-refractivity contribution in [3.05, 3.63) is 29.6 Å². The lowest BCUT2D eigenvalue weighted by Gasteiger charge is -2.06. The smallest absolute Gasteiger partial charge is 0.251 e. The number of aliphatic hydroxyl groups excluding tert-OH is 1. The molecule has 0 heterocycles. The molecular formula is C11H10F3NO3S. The van der Waals surface area contributed by atoms with Gasteiger partial charge >= 0.3 is 0 Å². The van der Waals surface area contributed by atoms with E-state index in [9.17, 15) is 21.6 Å². The van der Waals surface area contributed by atoms with Gasteiger partial charge in [0, 0.05) is 0 Å². The molecular weight excluding hydrogens is 283 g/mol. The highest BCUT2D eigenvalue weighted by atomic mass is 32.2. The van der Waals surface area contributed by atoms with Gasteiger partial charge in [-0.3, -0.25) is 0 Å². The third-order valence-electron chi connectivity index (χ3n) is 1.98. The fourth-order valence-electron chi connectivity index (χ4n) is 1.16. The minimum Gasteiger partial charge on any atom is -0.384 e. The lowest BCUT2D eigenvalue weighted by atomic mass is 10.2. The number of alkyl halides is 2. The number of benzene rings is 1. The van der Waals surface area contributed by atoms with Gasteiger partial charge in [0.2, 0.25) is 10.0 Å². The number of hydrogen-bond donors (Lipinski definition) is 2. The summed E-state index contributed by atoms with van der Waals surface area (Å²) in [6, 6.07) is 2.81. The van der Waals surface area contributed by atoms with Gasteiger partial charge in [-0.2, -0.15) is 0 Å². The maximum absolute atomic E-state index is 13.5. The van der Waals surface area contributed by atoms with Gasteiger partial charge in [-0.1, -0.05) is 11.8 Å². The van der Waals surface area contributed by atoms with Gasteiger partial charge in [-0.15, -0.1) is 0 Å². The highest BCUT2D eigenvalue weighted by Gasteiger charge is 2.17. The van der Waals surface area contributed by atoms with Gasteiger partial charge in [0.1, 0.15) is 12.4 Å². The maximum atomic E-state index is 13.5. The maximum Gasteiger partial charge on any atom is 0.251 e. The average molecular weight is 293 g/mol. The molecule has 1 rings (SSSR count). The van der Waals surface area contributed by atoms with Crippen LogP contribution in [-0.4, -0.2) is 33.1 Å². The van der Waals surface area contributed by atoms with Gasteiger partial charge in [-0.25, -0.2) is 26.3 Å². The van der Waals surface area contributed by atoms with Crippen LogP contribution in [-0.2, 0) is 10.0 Å². The summed E-state index contributed by atoms with van der Waals surface area (Å²) in [7, 11) is -4.18. The monoisotopic (exact) mass is 293 g/mol. The predicted molar refractivity (Wildman–Crippen MR) is 61.6 cm³/mol. The summed E-state index contributed by atoms with van der Waals surface area (Å²) < 4.78 is 62.0. The summed E-state index contributed by atoms with van der Waals surface area (Å²) in [6.07, 6.45) is -2.84. The zero-order valence-corrected chi connectivity index (χ0v) is 10.3. The molecule has 0 bridgehead atoms. The van der Waals surface area contributed by atoms with E-state index in [0.29, 0.717) is 6.07 Å². The molecule has 0 aliphatic rings. The van der Waals surface area contributed by atoms with Crippen LogP contribution in [0.15, 0.2) is 23.1 Å². The Morgan fingerprint density at radius 2 is 2.05 bits per heavy atom. The van der Waals surface area contributed by atoms with Gasteiger partial charge in [0.15, 0.2) is 0 Å². The van der Waals surface area contributed by atoms with Crippen LogP contribution in [0.3, 0.4) is 0 Å². The molecule has 1 aromatic carbocycles. The first-order chi connectivity index (χ1) is 8.86. The van der Waals surface area contributed by atoms with Crippen LogP contribution in [0.2, 0.25) is 0 Å². The van der Waals surface area contributed by atoms with Gasteiger partial charge < -0.3 is 5.11 Å². The minimum absolute atomic E-state index is 0.0955. The highest BCUT2D eigenvalue weighted by Crippen LogP contribution is 2.14. The standard InChI is InChI=1S/C11H10F3NO3S/c12-10-6-9(4-3-8(10)2-1-5-16)19(17,18)15-7-11(13)14/h3-4,6,11,15-16H,5,7H2.